The second-order valence-electron chi connectivity index (χ2n) is 3.01. The normalized spacial score (nSPS) is 10.4. The first kappa shape index (κ1) is 8.61. The van der Waals surface area contributed by atoms with Crippen LogP contribution in [0.1, 0.15) is 5.56 Å². The molecular weight excluding hydrogens is 182 g/mol. The van der Waals surface area contributed by atoms with Crippen LogP contribution in [0.3, 0.4) is 0 Å². The van der Waals surface area contributed by atoms with E-state index in [-0.39, 0.29) is 0 Å². The zero-order chi connectivity index (χ0) is 9.97. The Labute approximate surface area is 80.7 Å². The summed E-state index contributed by atoms with van der Waals surface area (Å²) in [6.07, 6.45) is 3.32. The predicted molar refractivity (Wildman–Crippen MR) is 51.6 cm³/mol. The summed E-state index contributed by atoms with van der Waals surface area (Å²) in [6.45, 7) is 0.688. The lowest BCUT2D eigenvalue weighted by atomic mass is 10.3. The molecule has 0 amide bonds. The van der Waals surface area contributed by atoms with E-state index >= 15 is 0 Å². The summed E-state index contributed by atoms with van der Waals surface area (Å²) in [5.74, 6) is 0.891. The summed E-state index contributed by atoms with van der Waals surface area (Å²) in [7, 11) is 1.88. The average Bonchev–Trinajstić information content (AvgIpc) is 2.75. The van der Waals surface area contributed by atoms with Crippen molar-refractivity contribution in [2.24, 2.45) is 0 Å². The van der Waals surface area contributed by atoms with Crippen molar-refractivity contribution in [3.05, 3.63) is 24.2 Å². The van der Waals surface area contributed by atoms with Gasteiger partial charge in [-0.2, -0.15) is 4.98 Å². The number of aromatic amines is 1. The molecule has 0 aliphatic carbocycles. The zero-order valence-electron chi connectivity index (χ0n) is 7.77. The second kappa shape index (κ2) is 3.41. The molecule has 2 aromatic heterocycles. The second-order valence-corrected chi connectivity index (χ2v) is 3.01. The summed E-state index contributed by atoms with van der Waals surface area (Å²) >= 11 is 0. The first-order chi connectivity index (χ1) is 6.75. The number of furan rings is 1. The number of nitrogens with zero attached hydrogens (tertiary/aromatic N) is 3. The molecule has 0 atom stereocenters. The number of nitrogens with one attached hydrogen (secondary N) is 1. The number of nitrogens with two attached hydrogens (primary N) is 1. The van der Waals surface area contributed by atoms with Crippen LogP contribution < -0.4 is 10.6 Å². The molecule has 14 heavy (non-hydrogen) atoms. The van der Waals surface area contributed by atoms with Crippen molar-refractivity contribution >= 4 is 11.9 Å². The van der Waals surface area contributed by atoms with Gasteiger partial charge in [0.1, 0.15) is 0 Å². The molecule has 74 valence electrons. The fraction of sp³-hybridized carbons (Fsp3) is 0.250. The molecule has 0 saturated carbocycles. The molecule has 0 spiro atoms. The fourth-order valence-corrected chi connectivity index (χ4v) is 1.16. The number of nitrogen functional groups attached to an aromatic ring is 1. The van der Waals surface area contributed by atoms with Gasteiger partial charge in [0.15, 0.2) is 0 Å². The molecule has 0 aliphatic heterocycles. The molecule has 2 rings (SSSR count). The van der Waals surface area contributed by atoms with Crippen molar-refractivity contribution in [3.63, 3.8) is 0 Å². The van der Waals surface area contributed by atoms with Crippen molar-refractivity contribution < 1.29 is 4.42 Å². The van der Waals surface area contributed by atoms with Gasteiger partial charge >= 0.3 is 0 Å². The molecule has 0 fully saturated rings. The molecule has 0 aromatic carbocycles. The lowest BCUT2D eigenvalue weighted by Gasteiger charge is -2.12. The Morgan fingerprint density at radius 3 is 3.07 bits per heavy atom. The molecule has 2 heterocycles. The molecule has 0 aliphatic rings. The molecule has 0 bridgehead atoms. The van der Waals surface area contributed by atoms with Crippen LogP contribution in [0, 0.1) is 0 Å². The van der Waals surface area contributed by atoms with E-state index in [1.54, 1.807) is 12.5 Å². The quantitative estimate of drug-likeness (QED) is 0.746. The van der Waals surface area contributed by atoms with Crippen LogP contribution in [0.15, 0.2) is 23.0 Å². The number of anilines is 2. The van der Waals surface area contributed by atoms with Gasteiger partial charge in [-0.25, -0.2) is 5.10 Å². The van der Waals surface area contributed by atoms with Gasteiger partial charge in [-0.15, -0.1) is 5.10 Å². The number of aromatic nitrogens is 3. The molecule has 0 saturated heterocycles. The van der Waals surface area contributed by atoms with Crippen LogP contribution in [0.4, 0.5) is 11.9 Å². The van der Waals surface area contributed by atoms with Crippen LogP contribution in [-0.2, 0) is 6.54 Å². The van der Waals surface area contributed by atoms with E-state index in [1.165, 1.54) is 0 Å². The van der Waals surface area contributed by atoms with Crippen molar-refractivity contribution in [1.29, 1.82) is 0 Å². The molecule has 0 unspecified atom stereocenters. The van der Waals surface area contributed by atoms with Crippen LogP contribution >= 0.6 is 0 Å². The maximum absolute atomic E-state index is 5.42. The highest BCUT2D eigenvalue weighted by Gasteiger charge is 2.07. The highest BCUT2D eigenvalue weighted by atomic mass is 16.3. The highest BCUT2D eigenvalue weighted by molar-refractivity contribution is 5.33. The van der Waals surface area contributed by atoms with Crippen molar-refractivity contribution in [1.82, 2.24) is 15.2 Å². The van der Waals surface area contributed by atoms with Crippen LogP contribution in [0.5, 0.6) is 0 Å². The van der Waals surface area contributed by atoms with E-state index in [0.29, 0.717) is 18.4 Å². The number of hydrogen-bond donors (Lipinski definition) is 2. The lowest BCUT2D eigenvalue weighted by molar-refractivity contribution is 0.563. The first-order valence-electron chi connectivity index (χ1n) is 4.16. The number of rotatable bonds is 3. The average molecular weight is 193 g/mol. The fourth-order valence-electron chi connectivity index (χ4n) is 1.16. The SMILES string of the molecule is CN(Cc1ccoc1)c1n[nH]c(N)n1. The Balaban J connectivity index is 2.06. The van der Waals surface area contributed by atoms with E-state index in [4.69, 9.17) is 10.2 Å². The third-order valence-electron chi connectivity index (χ3n) is 1.83. The first-order valence-corrected chi connectivity index (χ1v) is 4.16. The summed E-state index contributed by atoms with van der Waals surface area (Å²) in [6, 6.07) is 1.90. The molecule has 6 nitrogen and oxygen atoms in total. The maximum atomic E-state index is 5.42. The monoisotopic (exact) mass is 193 g/mol. The minimum absolute atomic E-state index is 0.319. The number of hydrogen-bond acceptors (Lipinski definition) is 5. The largest absolute Gasteiger partial charge is 0.472 e. The van der Waals surface area contributed by atoms with Gasteiger partial charge in [-0.1, -0.05) is 0 Å². The predicted octanol–water partition coefficient (Wildman–Crippen LogP) is 0.616. The highest BCUT2D eigenvalue weighted by Crippen LogP contribution is 2.10. The van der Waals surface area contributed by atoms with Crippen LogP contribution in [0.2, 0.25) is 0 Å². The minimum atomic E-state index is 0.319. The summed E-state index contributed by atoms with van der Waals surface area (Å²) < 4.78 is 4.96. The van der Waals surface area contributed by atoms with E-state index in [1.807, 2.05) is 18.0 Å². The van der Waals surface area contributed by atoms with Crippen molar-refractivity contribution in [3.8, 4) is 0 Å². The van der Waals surface area contributed by atoms with Gasteiger partial charge < -0.3 is 15.1 Å². The molecule has 3 N–H and O–H groups in total. The van der Waals surface area contributed by atoms with Crippen molar-refractivity contribution in [2.45, 2.75) is 6.54 Å². The van der Waals surface area contributed by atoms with Gasteiger partial charge in [0.25, 0.3) is 0 Å². The third kappa shape index (κ3) is 1.68. The van der Waals surface area contributed by atoms with E-state index in [9.17, 15) is 0 Å². The van der Waals surface area contributed by atoms with Crippen molar-refractivity contribution in [2.75, 3.05) is 17.7 Å². The molecular formula is C8H11N5O. The van der Waals surface area contributed by atoms with Gasteiger partial charge in [0, 0.05) is 19.2 Å². The van der Waals surface area contributed by atoms with E-state index in [2.05, 4.69) is 15.2 Å². The minimum Gasteiger partial charge on any atom is -0.472 e. The Hall–Kier alpha value is -1.98. The Morgan fingerprint density at radius 2 is 2.50 bits per heavy atom. The Kier molecular flexibility index (Phi) is 2.10. The Morgan fingerprint density at radius 1 is 1.64 bits per heavy atom. The van der Waals surface area contributed by atoms with Gasteiger partial charge in [0.05, 0.1) is 12.5 Å². The van der Waals surface area contributed by atoms with E-state index in [0.717, 1.165) is 5.56 Å². The Bertz CT molecular complexity index is 394. The van der Waals surface area contributed by atoms with Gasteiger partial charge in [-0.3, -0.25) is 0 Å². The lowest BCUT2D eigenvalue weighted by Crippen LogP contribution is -2.17. The van der Waals surface area contributed by atoms with Gasteiger partial charge in [-0.05, 0) is 6.07 Å². The van der Waals surface area contributed by atoms with Crippen LogP contribution in [-0.4, -0.2) is 22.2 Å². The maximum Gasteiger partial charge on any atom is 0.246 e. The van der Waals surface area contributed by atoms with E-state index < -0.39 is 0 Å². The third-order valence-corrected chi connectivity index (χ3v) is 1.83. The van der Waals surface area contributed by atoms with Crippen LogP contribution in [0.25, 0.3) is 0 Å². The summed E-state index contributed by atoms with van der Waals surface area (Å²) in [5, 5.41) is 6.51. The zero-order valence-corrected chi connectivity index (χ0v) is 7.77. The molecule has 2 aromatic rings. The molecule has 0 radical (unpaired) electrons. The standard InChI is InChI=1S/C8H11N5O/c1-13(4-6-2-3-14-5-6)8-10-7(9)11-12-8/h2-3,5H,4H2,1H3,(H3,9,10,11,12). The smallest absolute Gasteiger partial charge is 0.246 e. The van der Waals surface area contributed by atoms with Gasteiger partial charge in [0.2, 0.25) is 11.9 Å². The summed E-state index contributed by atoms with van der Waals surface area (Å²) in [4.78, 5) is 5.87. The number of H-pyrrole nitrogens is 1. The molecule has 6 heteroatoms. The summed E-state index contributed by atoms with van der Waals surface area (Å²) in [5.41, 5.74) is 6.48. The topological polar surface area (TPSA) is 84.0 Å².